The van der Waals surface area contributed by atoms with Crippen molar-refractivity contribution >= 4 is 17.8 Å². The molecule has 0 fully saturated rings. The zero-order valence-corrected chi connectivity index (χ0v) is 12.7. The Bertz CT molecular complexity index is 502. The zero-order valence-electron chi connectivity index (χ0n) is 12.7. The largest absolute Gasteiger partial charge is 0.481 e. The van der Waals surface area contributed by atoms with Crippen molar-refractivity contribution in [3.63, 3.8) is 0 Å². The van der Waals surface area contributed by atoms with Crippen LogP contribution in [0.4, 0.5) is 0 Å². The van der Waals surface area contributed by atoms with Crippen LogP contribution in [0.15, 0.2) is 30.3 Å². The molecule has 0 radical (unpaired) electrons. The highest BCUT2D eigenvalue weighted by Crippen LogP contribution is 2.14. The first-order valence-electron chi connectivity index (χ1n) is 7.35. The molecule has 2 amide bonds. The zero-order chi connectivity index (χ0) is 16.4. The fourth-order valence-electron chi connectivity index (χ4n) is 1.92. The highest BCUT2D eigenvalue weighted by molar-refractivity contribution is 5.84. The molecule has 1 aromatic rings. The Labute approximate surface area is 129 Å². The van der Waals surface area contributed by atoms with E-state index in [2.05, 4.69) is 10.6 Å². The maximum atomic E-state index is 11.7. The fraction of sp³-hybridized carbons (Fsp3) is 0.438. The van der Waals surface area contributed by atoms with Crippen LogP contribution in [0.2, 0.25) is 0 Å². The van der Waals surface area contributed by atoms with Crippen LogP contribution in [0.1, 0.15) is 37.7 Å². The van der Waals surface area contributed by atoms with Crippen molar-refractivity contribution in [2.45, 2.75) is 32.1 Å². The Morgan fingerprint density at radius 3 is 2.18 bits per heavy atom. The average molecular weight is 306 g/mol. The second-order valence-corrected chi connectivity index (χ2v) is 4.96. The van der Waals surface area contributed by atoms with Crippen molar-refractivity contribution in [1.29, 1.82) is 0 Å². The van der Waals surface area contributed by atoms with Crippen LogP contribution in [-0.4, -0.2) is 36.0 Å². The van der Waals surface area contributed by atoms with Crippen LogP contribution in [0, 0.1) is 0 Å². The molecule has 1 rings (SSSR count). The molecule has 1 unspecified atom stereocenters. The van der Waals surface area contributed by atoms with Gasteiger partial charge in [-0.05, 0) is 12.0 Å². The summed E-state index contributed by atoms with van der Waals surface area (Å²) in [6, 6.07) is 8.73. The molecule has 6 nitrogen and oxygen atoms in total. The molecule has 1 atom stereocenters. The summed E-state index contributed by atoms with van der Waals surface area (Å²) in [5, 5.41) is 14.5. The van der Waals surface area contributed by atoms with E-state index in [-0.39, 0.29) is 31.2 Å². The van der Waals surface area contributed by atoms with Gasteiger partial charge in [0.1, 0.15) is 0 Å². The first-order chi connectivity index (χ1) is 10.5. The summed E-state index contributed by atoms with van der Waals surface area (Å²) in [7, 11) is 0. The molecule has 22 heavy (non-hydrogen) atoms. The topological polar surface area (TPSA) is 95.5 Å². The summed E-state index contributed by atoms with van der Waals surface area (Å²) in [6.07, 6.45) is 1.00. The van der Waals surface area contributed by atoms with Gasteiger partial charge in [0.15, 0.2) is 0 Å². The SMILES string of the molecule is CCCNC(=O)CCC(=O)NCC(C(=O)O)c1ccccc1. The number of hydrogen-bond acceptors (Lipinski definition) is 3. The van der Waals surface area contributed by atoms with Crippen LogP contribution < -0.4 is 10.6 Å². The number of carboxylic acid groups (broad SMARTS) is 1. The smallest absolute Gasteiger partial charge is 0.312 e. The molecular formula is C16H22N2O4. The van der Waals surface area contributed by atoms with E-state index in [0.29, 0.717) is 12.1 Å². The lowest BCUT2D eigenvalue weighted by Gasteiger charge is -2.13. The van der Waals surface area contributed by atoms with Gasteiger partial charge in [0.25, 0.3) is 0 Å². The Morgan fingerprint density at radius 1 is 1.05 bits per heavy atom. The number of amides is 2. The quantitative estimate of drug-likeness (QED) is 0.640. The number of aliphatic carboxylic acids is 1. The number of hydrogen-bond donors (Lipinski definition) is 3. The van der Waals surface area contributed by atoms with Gasteiger partial charge in [0, 0.05) is 25.9 Å². The normalized spacial score (nSPS) is 11.5. The molecule has 0 aliphatic carbocycles. The van der Waals surface area contributed by atoms with Gasteiger partial charge >= 0.3 is 5.97 Å². The number of benzene rings is 1. The lowest BCUT2D eigenvalue weighted by atomic mass is 9.99. The fourth-order valence-corrected chi connectivity index (χ4v) is 1.92. The molecule has 0 saturated heterocycles. The maximum Gasteiger partial charge on any atom is 0.312 e. The highest BCUT2D eigenvalue weighted by atomic mass is 16.4. The van der Waals surface area contributed by atoms with Crippen molar-refractivity contribution in [1.82, 2.24) is 10.6 Å². The minimum atomic E-state index is -0.993. The number of carbonyl (C=O) groups excluding carboxylic acids is 2. The van der Waals surface area contributed by atoms with E-state index in [1.807, 2.05) is 6.92 Å². The van der Waals surface area contributed by atoms with Gasteiger partial charge in [-0.2, -0.15) is 0 Å². The third-order valence-corrected chi connectivity index (χ3v) is 3.15. The van der Waals surface area contributed by atoms with Crippen LogP contribution in [0.5, 0.6) is 0 Å². The van der Waals surface area contributed by atoms with Crippen molar-refractivity contribution < 1.29 is 19.5 Å². The lowest BCUT2D eigenvalue weighted by molar-refractivity contribution is -0.138. The van der Waals surface area contributed by atoms with Gasteiger partial charge in [0.2, 0.25) is 11.8 Å². The molecule has 0 aromatic heterocycles. The van der Waals surface area contributed by atoms with Crippen molar-refractivity contribution in [2.24, 2.45) is 0 Å². The van der Waals surface area contributed by atoms with E-state index in [4.69, 9.17) is 0 Å². The number of nitrogens with one attached hydrogen (secondary N) is 2. The minimum Gasteiger partial charge on any atom is -0.481 e. The van der Waals surface area contributed by atoms with Crippen molar-refractivity contribution in [3.8, 4) is 0 Å². The van der Waals surface area contributed by atoms with Crippen molar-refractivity contribution in [3.05, 3.63) is 35.9 Å². The Hall–Kier alpha value is -2.37. The molecule has 0 aliphatic heterocycles. The summed E-state index contributed by atoms with van der Waals surface area (Å²) >= 11 is 0. The standard InChI is InChI=1S/C16H22N2O4/c1-2-10-17-14(19)8-9-15(20)18-11-13(16(21)22)12-6-4-3-5-7-12/h3-7,13H,2,8-11H2,1H3,(H,17,19)(H,18,20)(H,21,22). The first kappa shape index (κ1) is 17.7. The summed E-state index contributed by atoms with van der Waals surface area (Å²) in [4.78, 5) is 34.4. The van der Waals surface area contributed by atoms with E-state index in [0.717, 1.165) is 6.42 Å². The average Bonchev–Trinajstić information content (AvgIpc) is 2.51. The number of rotatable bonds is 9. The van der Waals surface area contributed by atoms with Gasteiger partial charge in [-0.3, -0.25) is 14.4 Å². The lowest BCUT2D eigenvalue weighted by Crippen LogP contribution is -2.33. The van der Waals surface area contributed by atoms with Crippen LogP contribution in [0.25, 0.3) is 0 Å². The van der Waals surface area contributed by atoms with E-state index in [9.17, 15) is 19.5 Å². The van der Waals surface area contributed by atoms with E-state index >= 15 is 0 Å². The van der Waals surface area contributed by atoms with E-state index in [1.165, 1.54) is 0 Å². The minimum absolute atomic E-state index is 0.00869. The Kier molecular flexibility index (Phi) is 7.67. The van der Waals surface area contributed by atoms with Gasteiger partial charge < -0.3 is 15.7 Å². The monoisotopic (exact) mass is 306 g/mol. The van der Waals surface area contributed by atoms with E-state index in [1.54, 1.807) is 30.3 Å². The Morgan fingerprint density at radius 2 is 1.64 bits per heavy atom. The summed E-state index contributed by atoms with van der Waals surface area (Å²) in [6.45, 7) is 2.55. The molecule has 3 N–H and O–H groups in total. The van der Waals surface area contributed by atoms with Gasteiger partial charge in [-0.15, -0.1) is 0 Å². The molecule has 1 aromatic carbocycles. The Balaban J connectivity index is 2.41. The summed E-state index contributed by atoms with van der Waals surface area (Å²) in [5.41, 5.74) is 0.635. The van der Waals surface area contributed by atoms with E-state index < -0.39 is 11.9 Å². The second-order valence-electron chi connectivity index (χ2n) is 4.96. The van der Waals surface area contributed by atoms with Crippen LogP contribution in [-0.2, 0) is 14.4 Å². The maximum absolute atomic E-state index is 11.7. The van der Waals surface area contributed by atoms with Gasteiger partial charge in [-0.1, -0.05) is 37.3 Å². The predicted molar refractivity (Wildman–Crippen MR) is 82.4 cm³/mol. The van der Waals surface area contributed by atoms with Crippen molar-refractivity contribution in [2.75, 3.05) is 13.1 Å². The highest BCUT2D eigenvalue weighted by Gasteiger charge is 2.20. The molecular weight excluding hydrogens is 284 g/mol. The molecule has 120 valence electrons. The summed E-state index contributed by atoms with van der Waals surface area (Å²) < 4.78 is 0. The second kappa shape index (κ2) is 9.55. The third-order valence-electron chi connectivity index (χ3n) is 3.15. The predicted octanol–water partition coefficient (Wildman–Crippen LogP) is 1.28. The molecule has 0 bridgehead atoms. The first-order valence-corrected chi connectivity index (χ1v) is 7.35. The number of carbonyl (C=O) groups is 3. The van der Waals surface area contributed by atoms with Crippen LogP contribution >= 0.6 is 0 Å². The molecule has 6 heteroatoms. The molecule has 0 heterocycles. The van der Waals surface area contributed by atoms with Gasteiger partial charge in [0.05, 0.1) is 5.92 Å². The molecule has 0 aliphatic rings. The number of carboxylic acids is 1. The molecule has 0 saturated carbocycles. The third kappa shape index (κ3) is 6.39. The van der Waals surface area contributed by atoms with Crippen LogP contribution in [0.3, 0.4) is 0 Å². The summed E-state index contributed by atoms with van der Waals surface area (Å²) in [5.74, 6) is -2.28. The van der Waals surface area contributed by atoms with Gasteiger partial charge in [-0.25, -0.2) is 0 Å². The molecule has 0 spiro atoms.